The van der Waals surface area contributed by atoms with E-state index in [1.54, 1.807) is 12.1 Å². The highest BCUT2D eigenvalue weighted by atomic mass is 35.5. The summed E-state index contributed by atoms with van der Waals surface area (Å²) in [4.78, 5) is 3.99. The van der Waals surface area contributed by atoms with Gasteiger partial charge in [0.1, 0.15) is 5.82 Å². The molecule has 0 fully saturated rings. The fourth-order valence-electron chi connectivity index (χ4n) is 1.14. The second-order valence-corrected chi connectivity index (χ2v) is 3.06. The van der Waals surface area contributed by atoms with E-state index in [2.05, 4.69) is 4.98 Å². The van der Waals surface area contributed by atoms with E-state index in [4.69, 9.17) is 17.3 Å². The van der Waals surface area contributed by atoms with Crippen LogP contribution in [-0.4, -0.2) is 4.98 Å². The summed E-state index contributed by atoms with van der Waals surface area (Å²) in [6.45, 7) is 0. The molecule has 0 saturated carbocycles. The van der Waals surface area contributed by atoms with Crippen molar-refractivity contribution in [1.82, 2.24) is 4.98 Å². The molecular weight excluding hydrogens is 191 g/mol. The van der Waals surface area contributed by atoms with Crippen molar-refractivity contribution < 1.29 is 4.39 Å². The lowest BCUT2D eigenvalue weighted by Gasteiger charge is -2.00. The van der Waals surface area contributed by atoms with Crippen molar-refractivity contribution in [2.75, 3.05) is 5.73 Å². The van der Waals surface area contributed by atoms with Crippen LogP contribution in [0.4, 0.5) is 10.1 Å². The van der Waals surface area contributed by atoms with Gasteiger partial charge in [0.15, 0.2) is 5.15 Å². The average Bonchev–Trinajstić information content (AvgIpc) is 2.08. The number of fused-ring (bicyclic) bond motifs is 1. The topological polar surface area (TPSA) is 38.9 Å². The van der Waals surface area contributed by atoms with Gasteiger partial charge < -0.3 is 5.73 Å². The van der Waals surface area contributed by atoms with E-state index in [0.717, 1.165) is 0 Å². The van der Waals surface area contributed by atoms with Gasteiger partial charge in [0.05, 0.1) is 11.2 Å². The van der Waals surface area contributed by atoms with Crippen molar-refractivity contribution in [2.24, 2.45) is 0 Å². The Kier molecular flexibility index (Phi) is 1.81. The lowest BCUT2D eigenvalue weighted by Crippen LogP contribution is -1.90. The largest absolute Gasteiger partial charge is 0.396 e. The maximum atomic E-state index is 12.8. The molecule has 0 aliphatic carbocycles. The average molecular weight is 197 g/mol. The Bertz CT molecular complexity index is 470. The Labute approximate surface area is 79.1 Å². The van der Waals surface area contributed by atoms with Crippen LogP contribution in [-0.2, 0) is 0 Å². The van der Waals surface area contributed by atoms with Crippen LogP contribution in [0.3, 0.4) is 0 Å². The van der Waals surface area contributed by atoms with E-state index in [0.29, 0.717) is 16.6 Å². The van der Waals surface area contributed by atoms with Crippen LogP contribution < -0.4 is 5.73 Å². The normalized spacial score (nSPS) is 10.6. The minimum absolute atomic E-state index is 0.249. The molecule has 4 heteroatoms. The standard InChI is InChI=1S/C9H6ClFN2/c10-9-7(12)4-5-3-6(11)1-2-8(5)13-9/h1-4H,12H2. The number of pyridine rings is 1. The molecular formula is C9H6ClFN2. The molecule has 2 rings (SSSR count). The van der Waals surface area contributed by atoms with Gasteiger partial charge in [-0.25, -0.2) is 9.37 Å². The number of hydrogen-bond acceptors (Lipinski definition) is 2. The summed E-state index contributed by atoms with van der Waals surface area (Å²) in [7, 11) is 0. The van der Waals surface area contributed by atoms with E-state index < -0.39 is 0 Å². The number of nitrogen functional groups attached to an aromatic ring is 1. The smallest absolute Gasteiger partial charge is 0.152 e. The van der Waals surface area contributed by atoms with Gasteiger partial charge in [-0.1, -0.05) is 11.6 Å². The van der Waals surface area contributed by atoms with E-state index in [1.165, 1.54) is 12.1 Å². The molecule has 1 heterocycles. The zero-order chi connectivity index (χ0) is 9.42. The highest BCUT2D eigenvalue weighted by molar-refractivity contribution is 6.32. The first kappa shape index (κ1) is 8.26. The van der Waals surface area contributed by atoms with E-state index >= 15 is 0 Å². The minimum Gasteiger partial charge on any atom is -0.396 e. The Morgan fingerprint density at radius 1 is 1.31 bits per heavy atom. The van der Waals surface area contributed by atoms with Gasteiger partial charge in [-0.2, -0.15) is 0 Å². The van der Waals surface area contributed by atoms with Crippen molar-refractivity contribution in [1.29, 1.82) is 0 Å². The second-order valence-electron chi connectivity index (χ2n) is 2.71. The number of rotatable bonds is 0. The van der Waals surface area contributed by atoms with Gasteiger partial charge in [-0.05, 0) is 24.3 Å². The van der Waals surface area contributed by atoms with Crippen LogP contribution in [0.25, 0.3) is 10.9 Å². The molecule has 1 aromatic heterocycles. The number of aromatic nitrogens is 1. The summed E-state index contributed by atoms with van der Waals surface area (Å²) in [5, 5.41) is 0.904. The Balaban J connectivity index is 2.81. The molecule has 0 saturated heterocycles. The van der Waals surface area contributed by atoms with E-state index in [9.17, 15) is 4.39 Å². The van der Waals surface area contributed by atoms with Crippen LogP contribution in [0.15, 0.2) is 24.3 Å². The number of anilines is 1. The third-order valence-corrected chi connectivity index (χ3v) is 2.06. The van der Waals surface area contributed by atoms with Crippen LogP contribution in [0.2, 0.25) is 5.15 Å². The first-order valence-corrected chi connectivity index (χ1v) is 4.06. The molecule has 0 unspecified atom stereocenters. The molecule has 0 bridgehead atoms. The SMILES string of the molecule is Nc1cc2cc(F)ccc2nc1Cl. The summed E-state index contributed by atoms with van der Waals surface area (Å²) < 4.78 is 12.8. The summed E-state index contributed by atoms with van der Waals surface area (Å²) in [5.41, 5.74) is 6.52. The molecule has 0 aliphatic heterocycles. The zero-order valence-electron chi connectivity index (χ0n) is 6.59. The quantitative estimate of drug-likeness (QED) is 0.658. The van der Waals surface area contributed by atoms with Crippen molar-refractivity contribution in [3.05, 3.63) is 35.2 Å². The minimum atomic E-state index is -0.309. The summed E-state index contributed by atoms with van der Waals surface area (Å²) >= 11 is 5.70. The van der Waals surface area contributed by atoms with Crippen molar-refractivity contribution in [3.8, 4) is 0 Å². The molecule has 2 nitrogen and oxygen atoms in total. The third kappa shape index (κ3) is 1.42. The van der Waals surface area contributed by atoms with Gasteiger partial charge >= 0.3 is 0 Å². The van der Waals surface area contributed by atoms with Gasteiger partial charge in [0.25, 0.3) is 0 Å². The number of benzene rings is 1. The molecule has 2 N–H and O–H groups in total. The highest BCUT2D eigenvalue weighted by Gasteiger charge is 2.01. The number of nitrogens with two attached hydrogens (primary N) is 1. The monoisotopic (exact) mass is 196 g/mol. The number of halogens is 2. The first-order chi connectivity index (χ1) is 6.16. The van der Waals surface area contributed by atoms with Crippen LogP contribution in [0, 0.1) is 5.82 Å². The maximum absolute atomic E-state index is 12.8. The van der Waals surface area contributed by atoms with Crippen LogP contribution in [0.1, 0.15) is 0 Å². The Morgan fingerprint density at radius 2 is 2.08 bits per heavy atom. The Hall–Kier alpha value is -1.35. The molecule has 66 valence electrons. The summed E-state index contributed by atoms with van der Waals surface area (Å²) in [5.74, 6) is -0.309. The molecule has 0 atom stereocenters. The lowest BCUT2D eigenvalue weighted by atomic mass is 10.2. The summed E-state index contributed by atoms with van der Waals surface area (Å²) in [6.07, 6.45) is 0. The van der Waals surface area contributed by atoms with Gasteiger partial charge in [0.2, 0.25) is 0 Å². The van der Waals surface area contributed by atoms with Crippen molar-refractivity contribution >= 4 is 28.2 Å². The Morgan fingerprint density at radius 3 is 2.85 bits per heavy atom. The third-order valence-electron chi connectivity index (χ3n) is 1.76. The highest BCUT2D eigenvalue weighted by Crippen LogP contribution is 2.22. The predicted octanol–water partition coefficient (Wildman–Crippen LogP) is 2.61. The molecule has 0 radical (unpaired) electrons. The van der Waals surface area contributed by atoms with Gasteiger partial charge in [-0.15, -0.1) is 0 Å². The van der Waals surface area contributed by atoms with Crippen LogP contribution >= 0.6 is 11.6 Å². The summed E-state index contributed by atoms with van der Waals surface area (Å²) in [6, 6.07) is 5.88. The fourth-order valence-corrected chi connectivity index (χ4v) is 1.29. The molecule has 0 spiro atoms. The lowest BCUT2D eigenvalue weighted by molar-refractivity contribution is 0.629. The van der Waals surface area contributed by atoms with E-state index in [1.807, 2.05) is 0 Å². The molecule has 13 heavy (non-hydrogen) atoms. The predicted molar refractivity (Wildman–Crippen MR) is 51.1 cm³/mol. The van der Waals surface area contributed by atoms with Crippen molar-refractivity contribution in [3.63, 3.8) is 0 Å². The van der Waals surface area contributed by atoms with E-state index in [-0.39, 0.29) is 11.0 Å². The fraction of sp³-hybridized carbons (Fsp3) is 0. The van der Waals surface area contributed by atoms with Gasteiger partial charge in [0, 0.05) is 5.39 Å². The second kappa shape index (κ2) is 2.85. The molecule has 0 amide bonds. The van der Waals surface area contributed by atoms with Gasteiger partial charge in [-0.3, -0.25) is 0 Å². The molecule has 2 aromatic rings. The maximum Gasteiger partial charge on any atom is 0.152 e. The molecule has 0 aliphatic rings. The zero-order valence-corrected chi connectivity index (χ0v) is 7.35. The van der Waals surface area contributed by atoms with Crippen LogP contribution in [0.5, 0.6) is 0 Å². The molecule has 1 aromatic carbocycles. The number of nitrogens with zero attached hydrogens (tertiary/aromatic N) is 1. The number of hydrogen-bond donors (Lipinski definition) is 1. The first-order valence-electron chi connectivity index (χ1n) is 3.68. The van der Waals surface area contributed by atoms with Crippen molar-refractivity contribution in [2.45, 2.75) is 0 Å².